The predicted molar refractivity (Wildman–Crippen MR) is 50.9 cm³/mol. The van der Waals surface area contributed by atoms with E-state index in [4.69, 9.17) is 10.8 Å². The SMILES string of the molecule is CCC(N)(C(=O)O)C(S)C1(C)N=N1. The molecule has 0 fully saturated rings. The van der Waals surface area contributed by atoms with Crippen LogP contribution in [0.25, 0.3) is 0 Å². The van der Waals surface area contributed by atoms with E-state index in [-0.39, 0.29) is 0 Å². The van der Waals surface area contributed by atoms with E-state index in [2.05, 4.69) is 22.9 Å². The minimum Gasteiger partial charge on any atom is -0.480 e. The number of thiol groups is 1. The van der Waals surface area contributed by atoms with Crippen LogP contribution in [0.1, 0.15) is 20.3 Å². The van der Waals surface area contributed by atoms with Crippen molar-refractivity contribution in [3.8, 4) is 0 Å². The molecule has 5 nitrogen and oxygen atoms in total. The van der Waals surface area contributed by atoms with Gasteiger partial charge in [-0.3, -0.25) is 4.79 Å². The van der Waals surface area contributed by atoms with Gasteiger partial charge in [0.05, 0.1) is 5.25 Å². The largest absolute Gasteiger partial charge is 0.480 e. The fourth-order valence-corrected chi connectivity index (χ4v) is 1.53. The molecule has 0 aromatic heterocycles. The van der Waals surface area contributed by atoms with E-state index in [0.717, 1.165) is 0 Å². The maximum Gasteiger partial charge on any atom is 0.324 e. The molecule has 1 aliphatic rings. The molecule has 0 saturated carbocycles. The summed E-state index contributed by atoms with van der Waals surface area (Å²) in [5.74, 6) is -1.06. The summed E-state index contributed by atoms with van der Waals surface area (Å²) in [4.78, 5) is 10.9. The predicted octanol–water partition coefficient (Wildman–Crippen LogP) is 0.659. The van der Waals surface area contributed by atoms with Gasteiger partial charge in [-0.25, -0.2) is 0 Å². The Kier molecular flexibility index (Phi) is 2.38. The van der Waals surface area contributed by atoms with Gasteiger partial charge in [0.25, 0.3) is 0 Å². The topological polar surface area (TPSA) is 88.0 Å². The number of carboxylic acid groups (broad SMARTS) is 1. The lowest BCUT2D eigenvalue weighted by molar-refractivity contribution is -0.143. The Balaban J connectivity index is 2.82. The lowest BCUT2D eigenvalue weighted by atomic mass is 9.87. The molecule has 1 rings (SSSR count). The zero-order valence-corrected chi connectivity index (χ0v) is 8.45. The highest BCUT2D eigenvalue weighted by molar-refractivity contribution is 7.81. The smallest absolute Gasteiger partial charge is 0.324 e. The summed E-state index contributed by atoms with van der Waals surface area (Å²) in [6.45, 7) is 3.42. The third-order valence-corrected chi connectivity index (χ3v) is 3.35. The second-order valence-electron chi connectivity index (χ2n) is 3.40. The highest BCUT2D eigenvalue weighted by Crippen LogP contribution is 2.39. The van der Waals surface area contributed by atoms with Crippen molar-refractivity contribution >= 4 is 18.6 Å². The molecule has 0 radical (unpaired) electrons. The number of nitrogens with zero attached hydrogens (tertiary/aromatic N) is 2. The van der Waals surface area contributed by atoms with Gasteiger partial charge in [-0.2, -0.15) is 22.9 Å². The minimum absolute atomic E-state index is 0.303. The summed E-state index contributed by atoms with van der Waals surface area (Å²) < 4.78 is 0. The second kappa shape index (κ2) is 2.95. The van der Waals surface area contributed by atoms with Gasteiger partial charge in [0.15, 0.2) is 0 Å². The molecule has 0 saturated heterocycles. The Morgan fingerprint density at radius 2 is 2.23 bits per heavy atom. The zero-order chi connectivity index (χ0) is 10.3. The molecule has 0 spiro atoms. The monoisotopic (exact) mass is 203 g/mol. The standard InChI is InChI=1S/C7H13N3O2S/c1-3-7(8,5(11)12)4(13)6(2)9-10-6/h4,13H,3,8H2,1-2H3,(H,11,12). The van der Waals surface area contributed by atoms with Crippen LogP contribution in [0.2, 0.25) is 0 Å². The molecule has 13 heavy (non-hydrogen) atoms. The molecular weight excluding hydrogens is 190 g/mol. The third-order valence-electron chi connectivity index (χ3n) is 2.40. The summed E-state index contributed by atoms with van der Waals surface area (Å²) in [5, 5.41) is 15.8. The summed E-state index contributed by atoms with van der Waals surface area (Å²) in [6.07, 6.45) is 0.303. The van der Waals surface area contributed by atoms with E-state index in [1.807, 2.05) is 0 Å². The molecule has 6 heteroatoms. The summed E-state index contributed by atoms with van der Waals surface area (Å²) in [6, 6.07) is 0. The first-order valence-electron chi connectivity index (χ1n) is 4.01. The zero-order valence-electron chi connectivity index (χ0n) is 7.56. The van der Waals surface area contributed by atoms with Crippen molar-refractivity contribution in [2.75, 3.05) is 0 Å². The van der Waals surface area contributed by atoms with Gasteiger partial charge in [0, 0.05) is 0 Å². The van der Waals surface area contributed by atoms with E-state index in [0.29, 0.717) is 6.42 Å². The fraction of sp³-hybridized carbons (Fsp3) is 0.857. The van der Waals surface area contributed by atoms with Crippen molar-refractivity contribution < 1.29 is 9.90 Å². The first-order valence-corrected chi connectivity index (χ1v) is 4.53. The highest BCUT2D eigenvalue weighted by Gasteiger charge is 2.54. The number of hydrogen-bond acceptors (Lipinski definition) is 5. The molecule has 74 valence electrons. The van der Waals surface area contributed by atoms with E-state index < -0.39 is 22.4 Å². The van der Waals surface area contributed by atoms with Gasteiger partial charge in [-0.05, 0) is 13.3 Å². The average Bonchev–Trinajstić information content (AvgIpc) is 2.82. The van der Waals surface area contributed by atoms with Crippen LogP contribution in [0.3, 0.4) is 0 Å². The van der Waals surface area contributed by atoms with Gasteiger partial charge < -0.3 is 10.8 Å². The number of nitrogens with two attached hydrogens (primary N) is 1. The first kappa shape index (κ1) is 10.5. The maximum atomic E-state index is 10.9. The van der Waals surface area contributed by atoms with Crippen LogP contribution in [-0.4, -0.2) is 27.5 Å². The van der Waals surface area contributed by atoms with Crippen molar-refractivity contribution in [3.05, 3.63) is 0 Å². The lowest BCUT2D eigenvalue weighted by Gasteiger charge is -2.30. The molecule has 0 aliphatic carbocycles. The number of carboxylic acids is 1. The van der Waals surface area contributed by atoms with Crippen LogP contribution in [0.5, 0.6) is 0 Å². The number of carbonyl (C=O) groups is 1. The Morgan fingerprint density at radius 3 is 2.46 bits per heavy atom. The Bertz CT molecular complexity index is 262. The van der Waals surface area contributed by atoms with Crippen molar-refractivity contribution in [3.63, 3.8) is 0 Å². The normalized spacial score (nSPS) is 24.9. The van der Waals surface area contributed by atoms with Crippen LogP contribution >= 0.6 is 12.6 Å². The maximum absolute atomic E-state index is 10.9. The van der Waals surface area contributed by atoms with Crippen LogP contribution in [0.15, 0.2) is 10.2 Å². The third kappa shape index (κ3) is 1.55. The molecule has 3 N–H and O–H groups in total. The summed E-state index contributed by atoms with van der Waals surface area (Å²) in [7, 11) is 0. The Labute approximate surface area is 81.8 Å². The van der Waals surface area contributed by atoms with Gasteiger partial charge in [0.1, 0.15) is 5.54 Å². The lowest BCUT2D eigenvalue weighted by Crippen LogP contribution is -2.59. The van der Waals surface area contributed by atoms with Crippen molar-refractivity contribution in [2.24, 2.45) is 16.0 Å². The molecule has 0 amide bonds. The Hall–Kier alpha value is -0.620. The van der Waals surface area contributed by atoms with Crippen LogP contribution < -0.4 is 5.73 Å². The van der Waals surface area contributed by atoms with Gasteiger partial charge in [-0.15, -0.1) is 0 Å². The molecule has 0 bridgehead atoms. The van der Waals surface area contributed by atoms with Crippen molar-refractivity contribution in [1.82, 2.24) is 0 Å². The molecule has 2 atom stereocenters. The average molecular weight is 203 g/mol. The van der Waals surface area contributed by atoms with Gasteiger partial charge >= 0.3 is 5.97 Å². The van der Waals surface area contributed by atoms with Gasteiger partial charge in [-0.1, -0.05) is 6.92 Å². The van der Waals surface area contributed by atoms with E-state index in [1.54, 1.807) is 13.8 Å². The van der Waals surface area contributed by atoms with Crippen LogP contribution in [0.4, 0.5) is 0 Å². The fourth-order valence-electron chi connectivity index (χ4n) is 1.14. The molecule has 1 heterocycles. The quantitative estimate of drug-likeness (QED) is 0.586. The minimum atomic E-state index is -1.36. The van der Waals surface area contributed by atoms with E-state index >= 15 is 0 Å². The van der Waals surface area contributed by atoms with Crippen LogP contribution in [-0.2, 0) is 4.79 Å². The molecule has 0 aromatic carbocycles. The molecule has 1 aliphatic heterocycles. The summed E-state index contributed by atoms with van der Waals surface area (Å²) >= 11 is 4.18. The molecule has 2 unspecified atom stereocenters. The van der Waals surface area contributed by atoms with Crippen molar-refractivity contribution in [2.45, 2.75) is 36.7 Å². The molecular formula is C7H13N3O2S. The number of aliphatic carboxylic acids is 1. The number of hydrogen-bond donors (Lipinski definition) is 3. The molecule has 0 aromatic rings. The Morgan fingerprint density at radius 1 is 1.77 bits per heavy atom. The summed E-state index contributed by atoms with van der Waals surface area (Å²) in [5.41, 5.74) is 3.64. The van der Waals surface area contributed by atoms with Crippen LogP contribution in [0, 0.1) is 0 Å². The second-order valence-corrected chi connectivity index (χ2v) is 3.91. The van der Waals surface area contributed by atoms with E-state index in [9.17, 15) is 4.79 Å². The first-order chi connectivity index (χ1) is 5.87. The highest BCUT2D eigenvalue weighted by atomic mass is 32.1. The van der Waals surface area contributed by atoms with E-state index in [1.165, 1.54) is 0 Å². The number of rotatable bonds is 4. The van der Waals surface area contributed by atoms with Crippen molar-refractivity contribution in [1.29, 1.82) is 0 Å². The van der Waals surface area contributed by atoms with Gasteiger partial charge in [0.2, 0.25) is 5.66 Å².